The molecule has 0 aromatic heterocycles. The average Bonchev–Trinajstić information content (AvgIpc) is 3.47. The molecular weight excluding hydrogens is 576 g/mol. The van der Waals surface area contributed by atoms with Gasteiger partial charge in [0.15, 0.2) is 0 Å². The van der Waals surface area contributed by atoms with Gasteiger partial charge in [-0.2, -0.15) is 0 Å². The molecule has 38 heavy (non-hydrogen) atoms. The van der Waals surface area contributed by atoms with Crippen molar-refractivity contribution < 1.29 is 29.0 Å². The van der Waals surface area contributed by atoms with Crippen LogP contribution in [0.5, 0.6) is 0 Å². The van der Waals surface area contributed by atoms with E-state index < -0.39 is 35.6 Å². The number of aryl methyl sites for hydroxylation is 1. The highest BCUT2D eigenvalue weighted by Gasteiger charge is 2.77. The van der Waals surface area contributed by atoms with E-state index in [0.717, 1.165) is 5.56 Å². The van der Waals surface area contributed by atoms with Crippen molar-refractivity contribution in [1.29, 1.82) is 0 Å². The molecule has 3 saturated heterocycles. The third-order valence-corrected chi connectivity index (χ3v) is 8.85. The Hall–Kier alpha value is -2.20. The first kappa shape index (κ1) is 28.8. The highest BCUT2D eigenvalue weighted by molar-refractivity contribution is 9.09. The largest absolute Gasteiger partial charge is 0.465 e. The number of unbranched alkanes of at least 4 members (excludes halogenated alkanes) is 1. The van der Waals surface area contributed by atoms with Crippen LogP contribution in [-0.4, -0.2) is 76.7 Å². The van der Waals surface area contributed by atoms with Crippen molar-refractivity contribution in [3.8, 4) is 0 Å². The minimum Gasteiger partial charge on any atom is -0.465 e. The number of anilines is 1. The predicted molar refractivity (Wildman–Crippen MR) is 148 cm³/mol. The van der Waals surface area contributed by atoms with E-state index in [0.29, 0.717) is 36.4 Å². The summed E-state index contributed by atoms with van der Waals surface area (Å²) in [6.45, 7) is 9.90. The normalized spacial score (nSPS) is 29.3. The molecule has 3 aliphatic heterocycles. The Kier molecular flexibility index (Phi) is 9.02. The smallest absolute Gasteiger partial charge is 0.312 e. The van der Waals surface area contributed by atoms with Crippen LogP contribution in [0, 0.1) is 18.8 Å². The Bertz CT molecular complexity index is 1090. The molecule has 0 saturated carbocycles. The molecule has 1 spiro atoms. The van der Waals surface area contributed by atoms with Crippen molar-refractivity contribution in [2.24, 2.45) is 11.8 Å². The van der Waals surface area contributed by atoms with Crippen LogP contribution < -0.4 is 4.90 Å². The predicted octanol–water partition coefficient (Wildman–Crippen LogP) is 3.81. The highest BCUT2D eigenvalue weighted by Crippen LogP contribution is 2.60. The quantitative estimate of drug-likeness (QED) is 0.168. The van der Waals surface area contributed by atoms with E-state index in [4.69, 9.17) is 21.1 Å². The fourth-order valence-electron chi connectivity index (χ4n) is 6.18. The van der Waals surface area contributed by atoms with Crippen LogP contribution in [0.25, 0.3) is 0 Å². The minimum atomic E-state index is -1.21. The van der Waals surface area contributed by atoms with E-state index in [1.807, 2.05) is 19.1 Å². The third kappa shape index (κ3) is 4.83. The van der Waals surface area contributed by atoms with Crippen LogP contribution in [0.1, 0.15) is 31.2 Å². The van der Waals surface area contributed by atoms with Crippen LogP contribution in [-0.2, 0) is 23.9 Å². The van der Waals surface area contributed by atoms with Gasteiger partial charge in [0.1, 0.15) is 11.6 Å². The number of likely N-dealkylation sites (tertiary alicyclic amines) is 1. The fraction of sp³-hybridized carbons (Fsp3) is 0.536. The van der Waals surface area contributed by atoms with Gasteiger partial charge in [-0.15, -0.1) is 13.2 Å². The van der Waals surface area contributed by atoms with Gasteiger partial charge in [-0.05, 0) is 44.2 Å². The van der Waals surface area contributed by atoms with Gasteiger partial charge in [-0.3, -0.25) is 14.4 Å². The lowest BCUT2D eigenvalue weighted by molar-refractivity contribution is -0.154. The van der Waals surface area contributed by atoms with E-state index in [9.17, 15) is 19.5 Å². The lowest BCUT2D eigenvalue weighted by Gasteiger charge is -2.37. The second-order valence-corrected chi connectivity index (χ2v) is 11.6. The van der Waals surface area contributed by atoms with Crippen LogP contribution in [0.15, 0.2) is 43.5 Å². The molecular formula is C28H34BrClN2O6. The van der Waals surface area contributed by atoms with Crippen molar-refractivity contribution >= 4 is 51.0 Å². The molecule has 1 N–H and O–H groups in total. The maximum atomic E-state index is 14.5. The Labute approximate surface area is 236 Å². The first-order valence-corrected chi connectivity index (χ1v) is 14.2. The van der Waals surface area contributed by atoms with Gasteiger partial charge in [-0.1, -0.05) is 51.8 Å². The van der Waals surface area contributed by atoms with Crippen molar-refractivity contribution in [2.45, 2.75) is 55.2 Å². The number of esters is 1. The molecule has 3 heterocycles. The third-order valence-electron chi connectivity index (χ3n) is 7.70. The number of fused-ring (bicyclic) bond motifs is 1. The Balaban J connectivity index is 1.77. The number of benzene rings is 1. The zero-order valence-electron chi connectivity index (χ0n) is 21.5. The number of para-hydroxylation sites is 1. The summed E-state index contributed by atoms with van der Waals surface area (Å²) in [6.07, 6.45) is 4.53. The summed E-state index contributed by atoms with van der Waals surface area (Å²) in [5.74, 6) is -2.84. The highest BCUT2D eigenvalue weighted by atomic mass is 79.9. The van der Waals surface area contributed by atoms with Crippen molar-refractivity contribution in [2.75, 3.05) is 31.2 Å². The van der Waals surface area contributed by atoms with Crippen molar-refractivity contribution in [3.05, 3.63) is 54.1 Å². The number of amides is 2. The number of ether oxygens (including phenoxy) is 2. The topological polar surface area (TPSA) is 96.4 Å². The van der Waals surface area contributed by atoms with Crippen molar-refractivity contribution in [1.82, 2.24) is 4.90 Å². The molecule has 10 heteroatoms. The van der Waals surface area contributed by atoms with E-state index in [1.54, 1.807) is 23.1 Å². The second kappa shape index (κ2) is 11.9. The van der Waals surface area contributed by atoms with E-state index >= 15 is 0 Å². The van der Waals surface area contributed by atoms with Gasteiger partial charge in [0.25, 0.3) is 5.91 Å². The monoisotopic (exact) mass is 608 g/mol. The second-order valence-electron chi connectivity index (χ2n) is 10.0. The molecule has 8 nitrogen and oxygen atoms in total. The van der Waals surface area contributed by atoms with E-state index in [-0.39, 0.29) is 42.9 Å². The van der Waals surface area contributed by atoms with Gasteiger partial charge in [0.2, 0.25) is 5.91 Å². The zero-order chi connectivity index (χ0) is 27.6. The van der Waals surface area contributed by atoms with Crippen LogP contribution >= 0.6 is 27.5 Å². The molecule has 4 rings (SSSR count). The van der Waals surface area contributed by atoms with E-state index in [1.165, 1.54) is 4.90 Å². The zero-order valence-corrected chi connectivity index (χ0v) is 23.8. The van der Waals surface area contributed by atoms with Crippen LogP contribution in [0.3, 0.4) is 0 Å². The first-order chi connectivity index (χ1) is 18.2. The van der Waals surface area contributed by atoms with Crippen LogP contribution in [0.2, 0.25) is 5.02 Å². The van der Waals surface area contributed by atoms with Gasteiger partial charge in [0.05, 0.1) is 35.3 Å². The molecule has 206 valence electrons. The lowest BCUT2D eigenvalue weighted by atomic mass is 9.70. The summed E-state index contributed by atoms with van der Waals surface area (Å²) in [6, 6.07) is 4.41. The van der Waals surface area contributed by atoms with E-state index in [2.05, 4.69) is 29.1 Å². The lowest BCUT2D eigenvalue weighted by Crippen LogP contribution is -2.57. The summed E-state index contributed by atoms with van der Waals surface area (Å²) in [7, 11) is 0. The molecule has 2 amide bonds. The molecule has 2 bridgehead atoms. The maximum absolute atomic E-state index is 14.5. The molecule has 1 aromatic rings. The van der Waals surface area contributed by atoms with Gasteiger partial charge in [0, 0.05) is 24.5 Å². The van der Waals surface area contributed by atoms with Gasteiger partial charge in [-0.25, -0.2) is 0 Å². The number of rotatable bonds is 12. The Morgan fingerprint density at radius 2 is 2.11 bits per heavy atom. The standard InChI is InChI=1S/C28H34BrClN2O6/c1-4-6-15-37-27(36)20-21-25(34)32(13-7-8-14-33)24(28(21)16-18(29)23(20)38-28)26(35)31(12-5-2)22-17(3)10-9-11-19(22)30/h4-5,9-11,18,20-21,23-24,33H,1-2,6-8,12-16H2,3H3/t18?,20-,21+,23-,24?,28?/m1/s1. The molecule has 3 unspecified atom stereocenters. The number of aliphatic hydroxyl groups excluding tert-OH is 1. The number of hydrogen-bond acceptors (Lipinski definition) is 6. The summed E-state index contributed by atoms with van der Waals surface area (Å²) in [5, 5.41) is 9.77. The SMILES string of the molecule is C=CCCOC(=O)[C@H]1[C@@H]2OC3(CC2Br)C(C(=O)N(CC=C)c2c(C)cccc2Cl)N(CCCCO)C(=O)[C@H]13. The summed E-state index contributed by atoms with van der Waals surface area (Å²) >= 11 is 10.2. The number of carbonyl (C=O) groups is 3. The molecule has 3 fully saturated rings. The molecule has 6 atom stereocenters. The number of halogens is 2. The first-order valence-electron chi connectivity index (χ1n) is 12.9. The number of carbonyl (C=O) groups excluding carboxylic acids is 3. The summed E-state index contributed by atoms with van der Waals surface area (Å²) in [5.41, 5.74) is 0.143. The molecule has 3 aliphatic rings. The molecule has 0 radical (unpaired) electrons. The Morgan fingerprint density at radius 1 is 1.34 bits per heavy atom. The summed E-state index contributed by atoms with van der Waals surface area (Å²) in [4.78, 5) is 44.6. The summed E-state index contributed by atoms with van der Waals surface area (Å²) < 4.78 is 12.0. The number of aliphatic hydroxyl groups is 1. The fourth-order valence-corrected chi connectivity index (χ4v) is 7.45. The minimum absolute atomic E-state index is 0.0308. The van der Waals surface area contributed by atoms with Gasteiger partial charge < -0.3 is 24.4 Å². The molecule has 1 aromatic carbocycles. The van der Waals surface area contributed by atoms with Crippen LogP contribution in [0.4, 0.5) is 5.69 Å². The van der Waals surface area contributed by atoms with Crippen molar-refractivity contribution in [3.63, 3.8) is 0 Å². The average molecular weight is 610 g/mol. The molecule has 0 aliphatic carbocycles. The number of nitrogens with zero attached hydrogens (tertiary/aromatic N) is 2. The number of alkyl halides is 1. The Morgan fingerprint density at radius 3 is 2.76 bits per heavy atom. The van der Waals surface area contributed by atoms with Gasteiger partial charge >= 0.3 is 5.97 Å². The maximum Gasteiger partial charge on any atom is 0.312 e. The number of hydrogen-bond donors (Lipinski definition) is 1.